The average Bonchev–Trinajstić information content (AvgIpc) is 3.10. The molecule has 3 rings (SSSR count). The molecule has 1 aliphatic rings. The average molecular weight is 386 g/mol. The Kier molecular flexibility index (Phi) is 5.94. The number of ether oxygens (including phenoxy) is 1. The van der Waals surface area contributed by atoms with Crippen LogP contribution in [0.25, 0.3) is 0 Å². The Morgan fingerprint density at radius 1 is 1.17 bits per heavy atom. The minimum absolute atomic E-state index is 0.0145. The fourth-order valence-electron chi connectivity index (χ4n) is 2.89. The lowest BCUT2D eigenvalue weighted by Gasteiger charge is -2.33. The topological polar surface area (TPSA) is 46.6 Å². The Bertz CT molecular complexity index is 739. The summed E-state index contributed by atoms with van der Waals surface area (Å²) < 4.78 is 33.3. The van der Waals surface area contributed by atoms with E-state index in [1.165, 1.54) is 4.88 Å². The van der Waals surface area contributed by atoms with Crippen molar-refractivity contribution in [2.75, 3.05) is 19.8 Å². The van der Waals surface area contributed by atoms with E-state index in [2.05, 4.69) is 0 Å². The fraction of sp³-hybridized carbons (Fsp3) is 0.412. The van der Waals surface area contributed by atoms with Gasteiger partial charge in [-0.05, 0) is 55.0 Å². The first-order chi connectivity index (χ1) is 11.6. The third-order valence-corrected chi connectivity index (χ3v) is 7.33. The van der Waals surface area contributed by atoms with E-state index in [0.717, 1.165) is 19.3 Å². The monoisotopic (exact) mass is 385 g/mol. The number of thiophene rings is 1. The Morgan fingerprint density at radius 3 is 2.50 bits per heavy atom. The largest absolute Gasteiger partial charge is 0.381 e. The molecule has 0 bridgehead atoms. The van der Waals surface area contributed by atoms with Gasteiger partial charge in [-0.25, -0.2) is 8.42 Å². The molecule has 0 atom stereocenters. The van der Waals surface area contributed by atoms with Crippen LogP contribution in [-0.2, 0) is 21.2 Å². The highest BCUT2D eigenvalue weighted by Crippen LogP contribution is 2.25. The first-order valence-electron chi connectivity index (χ1n) is 7.95. The lowest BCUT2D eigenvalue weighted by atomic mass is 10.1. The number of hydrogen-bond acceptors (Lipinski definition) is 4. The summed E-state index contributed by atoms with van der Waals surface area (Å²) in [6.07, 6.45) is 2.19. The molecule has 0 spiro atoms. The van der Waals surface area contributed by atoms with Gasteiger partial charge >= 0.3 is 0 Å². The van der Waals surface area contributed by atoms with Gasteiger partial charge in [0.1, 0.15) is 0 Å². The molecule has 0 radical (unpaired) electrons. The fourth-order valence-corrected chi connectivity index (χ4v) is 5.40. The maximum absolute atomic E-state index is 13.1. The van der Waals surface area contributed by atoms with Gasteiger partial charge in [0.2, 0.25) is 10.0 Å². The minimum atomic E-state index is -3.55. The molecule has 0 aliphatic carbocycles. The molecule has 2 heterocycles. The van der Waals surface area contributed by atoms with E-state index in [0.29, 0.717) is 29.7 Å². The summed E-state index contributed by atoms with van der Waals surface area (Å²) in [4.78, 5) is 1.49. The van der Waals surface area contributed by atoms with Crippen molar-refractivity contribution in [1.82, 2.24) is 4.31 Å². The van der Waals surface area contributed by atoms with Gasteiger partial charge in [-0.2, -0.15) is 4.31 Å². The van der Waals surface area contributed by atoms with Gasteiger partial charge in [-0.1, -0.05) is 17.7 Å². The van der Waals surface area contributed by atoms with E-state index in [4.69, 9.17) is 16.3 Å². The van der Waals surface area contributed by atoms with Gasteiger partial charge in [-0.3, -0.25) is 0 Å². The summed E-state index contributed by atoms with van der Waals surface area (Å²) in [5.41, 5.74) is 0. The van der Waals surface area contributed by atoms with Crippen molar-refractivity contribution >= 4 is 33.0 Å². The number of rotatable bonds is 6. The lowest BCUT2D eigenvalue weighted by Crippen LogP contribution is -2.44. The maximum Gasteiger partial charge on any atom is 0.243 e. The first-order valence-corrected chi connectivity index (χ1v) is 10.6. The Labute approximate surface area is 152 Å². The molecule has 2 aromatic rings. The molecule has 4 nitrogen and oxygen atoms in total. The van der Waals surface area contributed by atoms with Crippen molar-refractivity contribution in [2.45, 2.75) is 30.2 Å². The smallest absolute Gasteiger partial charge is 0.243 e. The van der Waals surface area contributed by atoms with Crippen molar-refractivity contribution in [3.8, 4) is 0 Å². The lowest BCUT2D eigenvalue weighted by molar-refractivity contribution is 0.0587. The van der Waals surface area contributed by atoms with Crippen LogP contribution >= 0.6 is 22.9 Å². The van der Waals surface area contributed by atoms with Crippen LogP contribution in [-0.4, -0.2) is 38.5 Å². The molecule has 24 heavy (non-hydrogen) atoms. The molecule has 1 aromatic carbocycles. The summed E-state index contributed by atoms with van der Waals surface area (Å²) in [6, 6.07) is 10.4. The molecular formula is C17H20ClNO3S2. The zero-order valence-corrected chi connectivity index (χ0v) is 15.6. The zero-order chi connectivity index (χ0) is 17.0. The molecule has 1 aromatic heterocycles. The second-order valence-corrected chi connectivity index (χ2v) is 9.10. The highest BCUT2D eigenvalue weighted by atomic mass is 35.5. The van der Waals surface area contributed by atoms with Crippen LogP contribution in [0.15, 0.2) is 46.7 Å². The number of sulfonamides is 1. The van der Waals surface area contributed by atoms with Crippen molar-refractivity contribution in [1.29, 1.82) is 0 Å². The van der Waals surface area contributed by atoms with E-state index >= 15 is 0 Å². The molecule has 1 aliphatic heterocycles. The molecule has 0 amide bonds. The van der Waals surface area contributed by atoms with Crippen LogP contribution in [0.4, 0.5) is 0 Å². The SMILES string of the molecule is O=S(=O)(c1ccc(Cl)cc1)N(CCc1cccs1)C1CCOCC1. The molecule has 0 saturated carbocycles. The highest BCUT2D eigenvalue weighted by Gasteiger charge is 2.32. The summed E-state index contributed by atoms with van der Waals surface area (Å²) in [7, 11) is -3.55. The normalized spacial score (nSPS) is 16.6. The maximum atomic E-state index is 13.1. The molecule has 0 unspecified atom stereocenters. The Hall–Kier alpha value is -0.920. The standard InChI is InChI=1S/C17H20ClNO3S2/c18-14-3-5-17(6-4-14)24(20,21)19(15-8-11-22-12-9-15)10-7-16-2-1-13-23-16/h1-6,13,15H,7-12H2. The Morgan fingerprint density at radius 2 is 1.88 bits per heavy atom. The summed E-state index contributed by atoms with van der Waals surface area (Å²) in [5.74, 6) is 0. The molecule has 1 saturated heterocycles. The van der Waals surface area contributed by atoms with Gasteiger partial charge in [0.25, 0.3) is 0 Å². The first kappa shape index (κ1) is 17.9. The van der Waals surface area contributed by atoms with Crippen molar-refractivity contribution in [2.24, 2.45) is 0 Å². The van der Waals surface area contributed by atoms with E-state index in [1.54, 1.807) is 39.9 Å². The Balaban J connectivity index is 1.85. The number of hydrogen-bond donors (Lipinski definition) is 0. The molecular weight excluding hydrogens is 366 g/mol. The third-order valence-electron chi connectivity index (χ3n) is 4.18. The summed E-state index contributed by atoms with van der Waals surface area (Å²) in [6.45, 7) is 1.70. The van der Waals surface area contributed by atoms with Crippen LogP contribution < -0.4 is 0 Å². The van der Waals surface area contributed by atoms with Crippen molar-refractivity contribution in [3.63, 3.8) is 0 Å². The molecule has 130 valence electrons. The van der Waals surface area contributed by atoms with Crippen LogP contribution in [0, 0.1) is 0 Å². The van der Waals surface area contributed by atoms with Crippen molar-refractivity contribution < 1.29 is 13.2 Å². The van der Waals surface area contributed by atoms with Gasteiger partial charge in [0.05, 0.1) is 4.90 Å². The third kappa shape index (κ3) is 4.18. The van der Waals surface area contributed by atoms with Crippen LogP contribution in [0.5, 0.6) is 0 Å². The van der Waals surface area contributed by atoms with Crippen LogP contribution in [0.3, 0.4) is 0 Å². The number of nitrogens with zero attached hydrogens (tertiary/aromatic N) is 1. The number of benzene rings is 1. The van der Waals surface area contributed by atoms with Crippen molar-refractivity contribution in [3.05, 3.63) is 51.7 Å². The van der Waals surface area contributed by atoms with E-state index in [9.17, 15) is 8.42 Å². The molecule has 0 N–H and O–H groups in total. The highest BCUT2D eigenvalue weighted by molar-refractivity contribution is 7.89. The van der Waals surface area contributed by atoms with Gasteiger partial charge < -0.3 is 4.74 Å². The van der Waals surface area contributed by atoms with Gasteiger partial charge in [0.15, 0.2) is 0 Å². The predicted octanol–water partition coefficient (Wildman–Crippen LogP) is 3.81. The van der Waals surface area contributed by atoms with Crippen LogP contribution in [0.2, 0.25) is 5.02 Å². The summed E-state index contributed by atoms with van der Waals surface area (Å²) in [5, 5.41) is 2.55. The minimum Gasteiger partial charge on any atom is -0.381 e. The van der Waals surface area contributed by atoms with E-state index in [-0.39, 0.29) is 6.04 Å². The number of halogens is 1. The van der Waals surface area contributed by atoms with E-state index < -0.39 is 10.0 Å². The second-order valence-electron chi connectivity index (χ2n) is 5.74. The molecule has 7 heteroatoms. The summed E-state index contributed by atoms with van der Waals surface area (Å²) >= 11 is 7.55. The van der Waals surface area contributed by atoms with Gasteiger partial charge in [-0.15, -0.1) is 11.3 Å². The van der Waals surface area contributed by atoms with E-state index in [1.807, 2.05) is 17.5 Å². The predicted molar refractivity (Wildman–Crippen MR) is 97.2 cm³/mol. The van der Waals surface area contributed by atoms with Crippen LogP contribution in [0.1, 0.15) is 17.7 Å². The quantitative estimate of drug-likeness (QED) is 0.759. The van der Waals surface area contributed by atoms with Gasteiger partial charge in [0, 0.05) is 35.7 Å². The zero-order valence-electron chi connectivity index (χ0n) is 13.2. The second kappa shape index (κ2) is 7.97. The molecule has 1 fully saturated rings.